The zero-order valence-electron chi connectivity index (χ0n) is 18.2. The van der Waals surface area contributed by atoms with Crippen LogP contribution in [0.15, 0.2) is 24.0 Å². The molecule has 0 bridgehead atoms. The number of aliphatic hydroxyl groups is 1. The standard InChI is InChI=1S/C21H31NO9/c1-14(2)16-13-30-21(26)22(16)20(25)19(27-3)18-17(24)7-6-15(31-18)5-4-9-28-11-12-29-10-8-23/h5-7,14,16,18-19,23H,4,8-13H2,1-3H3/t16-,18-,19+/m1/s1. The average molecular weight is 441 g/mol. The Hall–Kier alpha value is -2.27. The van der Waals surface area contributed by atoms with Gasteiger partial charge < -0.3 is 28.8 Å². The van der Waals surface area contributed by atoms with Gasteiger partial charge in [0, 0.05) is 7.11 Å². The van der Waals surface area contributed by atoms with Gasteiger partial charge in [0.25, 0.3) is 5.91 Å². The van der Waals surface area contributed by atoms with Crippen molar-refractivity contribution in [3.05, 3.63) is 24.0 Å². The van der Waals surface area contributed by atoms with Gasteiger partial charge in [-0.1, -0.05) is 13.8 Å². The van der Waals surface area contributed by atoms with Crippen LogP contribution in [0.3, 0.4) is 0 Å². The van der Waals surface area contributed by atoms with E-state index in [2.05, 4.69) is 0 Å². The van der Waals surface area contributed by atoms with Gasteiger partial charge in [-0.25, -0.2) is 9.69 Å². The van der Waals surface area contributed by atoms with Crippen LogP contribution in [0.5, 0.6) is 0 Å². The number of ketones is 1. The second-order valence-electron chi connectivity index (χ2n) is 7.37. The fraction of sp³-hybridized carbons (Fsp3) is 0.667. The van der Waals surface area contributed by atoms with Crippen LogP contribution in [0.4, 0.5) is 4.79 Å². The molecular weight excluding hydrogens is 410 g/mol. The van der Waals surface area contributed by atoms with Crippen LogP contribution in [-0.2, 0) is 33.3 Å². The summed E-state index contributed by atoms with van der Waals surface area (Å²) in [6, 6.07) is -0.430. The summed E-state index contributed by atoms with van der Waals surface area (Å²) in [7, 11) is 1.29. The number of hydrogen-bond donors (Lipinski definition) is 1. The number of rotatable bonds is 12. The van der Waals surface area contributed by atoms with Crippen molar-refractivity contribution in [3.63, 3.8) is 0 Å². The highest BCUT2D eigenvalue weighted by Gasteiger charge is 2.47. The van der Waals surface area contributed by atoms with Crippen molar-refractivity contribution < 1.29 is 43.2 Å². The second kappa shape index (κ2) is 12.6. The number of nitrogens with zero attached hydrogens (tertiary/aromatic N) is 1. The molecule has 10 heteroatoms. The third kappa shape index (κ3) is 6.86. The van der Waals surface area contributed by atoms with Crippen molar-refractivity contribution in [2.75, 3.05) is 46.8 Å². The average Bonchev–Trinajstić information content (AvgIpc) is 3.14. The first-order chi connectivity index (χ1) is 14.9. The summed E-state index contributed by atoms with van der Waals surface area (Å²) in [5, 5.41) is 8.62. The van der Waals surface area contributed by atoms with Crippen LogP contribution in [0.1, 0.15) is 20.3 Å². The number of allylic oxidation sites excluding steroid dienone is 1. The number of carbonyl (C=O) groups is 3. The van der Waals surface area contributed by atoms with E-state index >= 15 is 0 Å². The van der Waals surface area contributed by atoms with Crippen LogP contribution >= 0.6 is 0 Å². The fourth-order valence-electron chi connectivity index (χ4n) is 3.17. The monoisotopic (exact) mass is 441 g/mol. The van der Waals surface area contributed by atoms with Gasteiger partial charge in [-0.15, -0.1) is 0 Å². The molecule has 1 N–H and O–H groups in total. The van der Waals surface area contributed by atoms with Gasteiger partial charge >= 0.3 is 6.09 Å². The minimum Gasteiger partial charge on any atom is -0.479 e. The molecule has 0 radical (unpaired) electrons. The predicted molar refractivity (Wildman–Crippen MR) is 108 cm³/mol. The molecule has 0 aliphatic carbocycles. The number of ether oxygens (including phenoxy) is 5. The molecule has 0 aromatic heterocycles. The van der Waals surface area contributed by atoms with Crippen LogP contribution in [-0.4, -0.2) is 92.8 Å². The Morgan fingerprint density at radius 1 is 1.23 bits per heavy atom. The van der Waals surface area contributed by atoms with Gasteiger partial charge in [-0.05, 0) is 30.6 Å². The van der Waals surface area contributed by atoms with Gasteiger partial charge in [-0.2, -0.15) is 0 Å². The Bertz CT molecular complexity index is 688. The lowest BCUT2D eigenvalue weighted by molar-refractivity contribution is -0.154. The topological polar surface area (TPSA) is 121 Å². The summed E-state index contributed by atoms with van der Waals surface area (Å²) in [4.78, 5) is 38.6. The maximum atomic E-state index is 13.0. The van der Waals surface area contributed by atoms with Crippen molar-refractivity contribution in [2.24, 2.45) is 5.92 Å². The van der Waals surface area contributed by atoms with Gasteiger partial charge in [0.2, 0.25) is 0 Å². The molecule has 2 aliphatic heterocycles. The first kappa shape index (κ1) is 25.0. The number of aliphatic hydroxyl groups excluding tert-OH is 1. The number of cyclic esters (lactones) is 1. The molecule has 31 heavy (non-hydrogen) atoms. The zero-order chi connectivity index (χ0) is 22.8. The molecule has 0 aromatic carbocycles. The number of amides is 2. The SMILES string of the molecule is CO[C@H](C(=O)N1C(=O)OC[C@@H]1C(C)C)[C@@H]1OC(=CCCOCCOCCO)C=CC1=O. The van der Waals surface area contributed by atoms with Crippen LogP contribution in [0.25, 0.3) is 0 Å². The van der Waals surface area contributed by atoms with Gasteiger partial charge in [0.05, 0.1) is 39.1 Å². The Kier molecular flexibility index (Phi) is 10.1. The summed E-state index contributed by atoms with van der Waals surface area (Å²) in [6.45, 7) is 5.29. The number of hydrogen-bond acceptors (Lipinski definition) is 9. The Morgan fingerprint density at radius 3 is 2.58 bits per heavy atom. The quantitative estimate of drug-likeness (QED) is 0.439. The highest BCUT2D eigenvalue weighted by Crippen LogP contribution is 2.25. The molecule has 10 nitrogen and oxygen atoms in total. The molecular formula is C21H31NO9. The molecule has 2 amide bonds. The van der Waals surface area contributed by atoms with E-state index in [0.717, 1.165) is 4.90 Å². The van der Waals surface area contributed by atoms with Crippen molar-refractivity contribution in [1.29, 1.82) is 0 Å². The van der Waals surface area contributed by atoms with Crippen LogP contribution in [0, 0.1) is 5.92 Å². The zero-order valence-corrected chi connectivity index (χ0v) is 18.2. The van der Waals surface area contributed by atoms with E-state index in [0.29, 0.717) is 32.0 Å². The molecule has 0 spiro atoms. The maximum absolute atomic E-state index is 13.0. The molecule has 3 atom stereocenters. The third-order valence-electron chi connectivity index (χ3n) is 4.86. The summed E-state index contributed by atoms with van der Waals surface area (Å²) >= 11 is 0. The fourth-order valence-corrected chi connectivity index (χ4v) is 3.17. The largest absolute Gasteiger partial charge is 0.479 e. The van der Waals surface area contributed by atoms with E-state index in [4.69, 9.17) is 28.8 Å². The molecule has 1 fully saturated rings. The number of imide groups is 1. The van der Waals surface area contributed by atoms with Crippen molar-refractivity contribution in [2.45, 2.75) is 38.5 Å². The molecule has 2 aliphatic rings. The minimum absolute atomic E-state index is 0.0136. The lowest BCUT2D eigenvalue weighted by Crippen LogP contribution is -2.53. The molecule has 0 aromatic rings. The van der Waals surface area contributed by atoms with Crippen LogP contribution in [0.2, 0.25) is 0 Å². The summed E-state index contributed by atoms with van der Waals surface area (Å²) < 4.78 is 26.5. The van der Waals surface area contributed by atoms with E-state index in [1.807, 2.05) is 13.8 Å². The highest BCUT2D eigenvalue weighted by atomic mass is 16.6. The molecule has 1 saturated heterocycles. The van der Waals surface area contributed by atoms with E-state index < -0.39 is 36.0 Å². The predicted octanol–water partition coefficient (Wildman–Crippen LogP) is 0.828. The third-order valence-corrected chi connectivity index (χ3v) is 4.86. The van der Waals surface area contributed by atoms with E-state index in [-0.39, 0.29) is 25.7 Å². The maximum Gasteiger partial charge on any atom is 0.417 e. The van der Waals surface area contributed by atoms with E-state index in [1.54, 1.807) is 6.08 Å². The Balaban J connectivity index is 1.95. The highest BCUT2D eigenvalue weighted by molar-refractivity contribution is 6.03. The van der Waals surface area contributed by atoms with E-state index in [1.165, 1.54) is 19.3 Å². The lowest BCUT2D eigenvalue weighted by atomic mass is 10.0. The number of carbonyl (C=O) groups excluding carboxylic acids is 3. The molecule has 174 valence electrons. The smallest absolute Gasteiger partial charge is 0.417 e. The van der Waals surface area contributed by atoms with Crippen LogP contribution < -0.4 is 0 Å². The second-order valence-corrected chi connectivity index (χ2v) is 7.37. The molecule has 2 rings (SSSR count). The Morgan fingerprint density at radius 2 is 1.94 bits per heavy atom. The van der Waals surface area contributed by atoms with E-state index in [9.17, 15) is 14.4 Å². The molecule has 2 heterocycles. The minimum atomic E-state index is -1.28. The number of methoxy groups -OCH3 is 1. The first-order valence-electron chi connectivity index (χ1n) is 10.3. The normalized spacial score (nSPS) is 23.4. The lowest BCUT2D eigenvalue weighted by Gasteiger charge is -2.31. The van der Waals surface area contributed by atoms with Gasteiger partial charge in [0.15, 0.2) is 18.0 Å². The van der Waals surface area contributed by atoms with Gasteiger partial charge in [0.1, 0.15) is 12.4 Å². The van der Waals surface area contributed by atoms with Crippen molar-refractivity contribution in [1.82, 2.24) is 4.90 Å². The summed E-state index contributed by atoms with van der Waals surface area (Å²) in [6.07, 6.45) is 1.85. The van der Waals surface area contributed by atoms with Gasteiger partial charge in [-0.3, -0.25) is 9.59 Å². The summed E-state index contributed by atoms with van der Waals surface area (Å²) in [5.41, 5.74) is 0. The molecule has 0 unspecified atom stereocenters. The Labute approximate surface area is 181 Å². The molecule has 0 saturated carbocycles. The first-order valence-corrected chi connectivity index (χ1v) is 10.3. The van der Waals surface area contributed by atoms with Crippen molar-refractivity contribution >= 4 is 17.8 Å². The van der Waals surface area contributed by atoms with Crippen molar-refractivity contribution in [3.8, 4) is 0 Å². The summed E-state index contributed by atoms with van der Waals surface area (Å²) in [5.74, 6) is -0.699.